The number of nitrogens with one attached hydrogen (secondary N) is 1. The molecular weight excluding hydrogens is 382 g/mol. The summed E-state index contributed by atoms with van der Waals surface area (Å²) in [5.41, 5.74) is 1.44. The molecule has 140 valence electrons. The van der Waals surface area contributed by atoms with Crippen LogP contribution in [0, 0.1) is 6.92 Å². The van der Waals surface area contributed by atoms with Crippen LogP contribution >= 0.6 is 23.1 Å². The van der Waals surface area contributed by atoms with E-state index in [1.165, 1.54) is 11.8 Å². The van der Waals surface area contributed by atoms with Crippen molar-refractivity contribution in [2.24, 2.45) is 0 Å². The van der Waals surface area contributed by atoms with Crippen LogP contribution in [-0.4, -0.2) is 33.7 Å². The SMILES string of the molecule is Cc1nc(NC(=O)CSc2ccc3ccccc3n2)sc1C(=O)OC(C)C. The molecule has 0 aliphatic rings. The summed E-state index contributed by atoms with van der Waals surface area (Å²) < 4.78 is 5.18. The number of thioether (sulfide) groups is 1. The van der Waals surface area contributed by atoms with E-state index in [1.54, 1.807) is 20.8 Å². The molecule has 1 aromatic carbocycles. The van der Waals surface area contributed by atoms with Gasteiger partial charge in [-0.1, -0.05) is 47.4 Å². The van der Waals surface area contributed by atoms with Crippen LogP contribution in [0.25, 0.3) is 10.9 Å². The Balaban J connectivity index is 1.59. The van der Waals surface area contributed by atoms with Gasteiger partial charge in [0.2, 0.25) is 5.91 Å². The molecule has 0 saturated carbocycles. The molecular formula is C19H19N3O3S2. The van der Waals surface area contributed by atoms with Gasteiger partial charge in [0.1, 0.15) is 4.88 Å². The number of pyridine rings is 1. The van der Waals surface area contributed by atoms with E-state index in [-0.39, 0.29) is 17.8 Å². The summed E-state index contributed by atoms with van der Waals surface area (Å²) in [6, 6.07) is 11.7. The van der Waals surface area contributed by atoms with Crippen molar-refractivity contribution in [3.8, 4) is 0 Å². The van der Waals surface area contributed by atoms with Gasteiger partial charge < -0.3 is 10.1 Å². The number of hydrogen-bond donors (Lipinski definition) is 1. The number of anilines is 1. The predicted octanol–water partition coefficient (Wildman–Crippen LogP) is 4.30. The maximum absolute atomic E-state index is 12.2. The fraction of sp³-hybridized carbons (Fsp3) is 0.263. The highest BCUT2D eigenvalue weighted by atomic mass is 32.2. The van der Waals surface area contributed by atoms with Crippen LogP contribution in [0.1, 0.15) is 29.2 Å². The van der Waals surface area contributed by atoms with E-state index in [0.29, 0.717) is 15.7 Å². The number of para-hydroxylation sites is 1. The molecule has 6 nitrogen and oxygen atoms in total. The van der Waals surface area contributed by atoms with Crippen LogP contribution in [-0.2, 0) is 9.53 Å². The molecule has 2 heterocycles. The van der Waals surface area contributed by atoms with Gasteiger partial charge in [-0.25, -0.2) is 14.8 Å². The summed E-state index contributed by atoms with van der Waals surface area (Å²) in [6.45, 7) is 5.29. The van der Waals surface area contributed by atoms with Gasteiger partial charge in [-0.05, 0) is 32.9 Å². The Morgan fingerprint density at radius 1 is 1.19 bits per heavy atom. The Hall–Kier alpha value is -2.45. The van der Waals surface area contributed by atoms with Gasteiger partial charge in [0.15, 0.2) is 5.13 Å². The first-order valence-electron chi connectivity index (χ1n) is 8.39. The normalized spacial score (nSPS) is 11.0. The lowest BCUT2D eigenvalue weighted by Gasteiger charge is -2.05. The number of thiazole rings is 1. The molecule has 3 aromatic rings. The Labute approximate surface area is 165 Å². The third-order valence-electron chi connectivity index (χ3n) is 3.50. The standard InChI is InChI=1S/C19H19N3O3S2/c1-11(2)25-18(24)17-12(3)20-19(27-17)22-15(23)10-26-16-9-8-13-6-4-5-7-14(13)21-16/h4-9,11H,10H2,1-3H3,(H,20,22,23). The molecule has 3 rings (SSSR count). The number of ether oxygens (including phenoxy) is 1. The van der Waals surface area contributed by atoms with E-state index >= 15 is 0 Å². The van der Waals surface area contributed by atoms with Crippen molar-refractivity contribution in [1.29, 1.82) is 0 Å². The highest BCUT2D eigenvalue weighted by Crippen LogP contribution is 2.25. The fourth-order valence-electron chi connectivity index (χ4n) is 2.33. The molecule has 27 heavy (non-hydrogen) atoms. The summed E-state index contributed by atoms with van der Waals surface area (Å²) in [4.78, 5) is 33.4. The number of amides is 1. The zero-order valence-corrected chi connectivity index (χ0v) is 16.8. The molecule has 0 saturated heterocycles. The van der Waals surface area contributed by atoms with Gasteiger partial charge >= 0.3 is 5.97 Å². The van der Waals surface area contributed by atoms with Crippen molar-refractivity contribution in [2.75, 3.05) is 11.1 Å². The number of carbonyl (C=O) groups excluding carboxylic acids is 2. The molecule has 1 amide bonds. The number of aryl methyl sites for hydroxylation is 1. The molecule has 1 N–H and O–H groups in total. The molecule has 2 aromatic heterocycles. The van der Waals surface area contributed by atoms with Crippen molar-refractivity contribution in [1.82, 2.24) is 9.97 Å². The Kier molecular flexibility index (Phi) is 6.08. The van der Waals surface area contributed by atoms with Gasteiger partial charge in [0.25, 0.3) is 0 Å². The van der Waals surface area contributed by atoms with Crippen LogP contribution in [0.3, 0.4) is 0 Å². The Morgan fingerprint density at radius 2 is 1.96 bits per heavy atom. The number of aromatic nitrogens is 2. The van der Waals surface area contributed by atoms with Crippen LogP contribution in [0.15, 0.2) is 41.4 Å². The summed E-state index contributed by atoms with van der Waals surface area (Å²) in [5.74, 6) is -0.418. The van der Waals surface area contributed by atoms with Crippen LogP contribution in [0.2, 0.25) is 0 Å². The molecule has 0 aliphatic heterocycles. The van der Waals surface area contributed by atoms with E-state index in [0.717, 1.165) is 27.3 Å². The number of hydrogen-bond acceptors (Lipinski definition) is 7. The first-order chi connectivity index (χ1) is 12.9. The quantitative estimate of drug-likeness (QED) is 0.490. The topological polar surface area (TPSA) is 81.2 Å². The molecule has 8 heteroatoms. The smallest absolute Gasteiger partial charge is 0.350 e. The minimum atomic E-state index is -0.421. The average Bonchev–Trinajstić information content (AvgIpc) is 2.99. The van der Waals surface area contributed by atoms with E-state index in [4.69, 9.17) is 4.74 Å². The number of nitrogens with zero attached hydrogens (tertiary/aromatic N) is 2. The molecule has 0 spiro atoms. The average molecular weight is 402 g/mol. The number of benzene rings is 1. The number of rotatable bonds is 6. The molecule has 0 unspecified atom stereocenters. The second kappa shape index (κ2) is 8.49. The van der Waals surface area contributed by atoms with E-state index < -0.39 is 5.97 Å². The summed E-state index contributed by atoms with van der Waals surface area (Å²) in [7, 11) is 0. The molecule has 0 radical (unpaired) electrons. The van der Waals surface area contributed by atoms with Gasteiger partial charge in [-0.2, -0.15) is 0 Å². The van der Waals surface area contributed by atoms with E-state index in [9.17, 15) is 9.59 Å². The van der Waals surface area contributed by atoms with Crippen molar-refractivity contribution < 1.29 is 14.3 Å². The Morgan fingerprint density at radius 3 is 2.74 bits per heavy atom. The van der Waals surface area contributed by atoms with Gasteiger partial charge in [0, 0.05) is 5.39 Å². The summed E-state index contributed by atoms with van der Waals surface area (Å²) in [6.07, 6.45) is -0.206. The van der Waals surface area contributed by atoms with E-state index in [1.807, 2.05) is 36.4 Å². The summed E-state index contributed by atoms with van der Waals surface area (Å²) in [5, 5.41) is 4.96. The number of esters is 1. The van der Waals surface area contributed by atoms with Crippen molar-refractivity contribution >= 4 is 51.0 Å². The second-order valence-electron chi connectivity index (χ2n) is 6.07. The molecule has 0 aliphatic carbocycles. The first kappa shape index (κ1) is 19.3. The molecule has 0 bridgehead atoms. The van der Waals surface area contributed by atoms with E-state index in [2.05, 4.69) is 15.3 Å². The first-order valence-corrected chi connectivity index (χ1v) is 10.2. The minimum Gasteiger partial charge on any atom is -0.459 e. The summed E-state index contributed by atoms with van der Waals surface area (Å²) >= 11 is 2.47. The second-order valence-corrected chi connectivity index (χ2v) is 8.06. The third kappa shape index (κ3) is 5.05. The van der Waals surface area contributed by atoms with Crippen LogP contribution in [0.4, 0.5) is 5.13 Å². The minimum absolute atomic E-state index is 0.201. The monoisotopic (exact) mass is 401 g/mol. The lowest BCUT2D eigenvalue weighted by Crippen LogP contribution is -2.13. The highest BCUT2D eigenvalue weighted by molar-refractivity contribution is 7.99. The van der Waals surface area contributed by atoms with Crippen LogP contribution < -0.4 is 5.32 Å². The maximum atomic E-state index is 12.2. The van der Waals surface area contributed by atoms with Crippen molar-refractivity contribution in [2.45, 2.75) is 31.9 Å². The van der Waals surface area contributed by atoms with Crippen LogP contribution in [0.5, 0.6) is 0 Å². The lowest BCUT2D eigenvalue weighted by atomic mass is 10.2. The zero-order valence-electron chi connectivity index (χ0n) is 15.2. The predicted molar refractivity (Wildman–Crippen MR) is 108 cm³/mol. The number of fused-ring (bicyclic) bond motifs is 1. The van der Waals surface area contributed by atoms with Gasteiger partial charge in [-0.15, -0.1) is 0 Å². The number of carbonyl (C=O) groups is 2. The highest BCUT2D eigenvalue weighted by Gasteiger charge is 2.19. The third-order valence-corrected chi connectivity index (χ3v) is 5.48. The van der Waals surface area contributed by atoms with Crippen molar-refractivity contribution in [3.05, 3.63) is 47.0 Å². The largest absolute Gasteiger partial charge is 0.459 e. The zero-order chi connectivity index (χ0) is 19.4. The van der Waals surface area contributed by atoms with Gasteiger partial charge in [-0.3, -0.25) is 4.79 Å². The fourth-order valence-corrected chi connectivity index (χ4v) is 3.87. The lowest BCUT2D eigenvalue weighted by molar-refractivity contribution is -0.113. The molecule has 0 fully saturated rings. The van der Waals surface area contributed by atoms with Crippen molar-refractivity contribution in [3.63, 3.8) is 0 Å². The molecule has 0 atom stereocenters. The van der Waals surface area contributed by atoms with Gasteiger partial charge in [0.05, 0.1) is 28.1 Å². The Bertz CT molecular complexity index is 985. The maximum Gasteiger partial charge on any atom is 0.350 e.